The van der Waals surface area contributed by atoms with Gasteiger partial charge in [0.15, 0.2) is 0 Å². The summed E-state index contributed by atoms with van der Waals surface area (Å²) in [6, 6.07) is 2.52. The predicted molar refractivity (Wildman–Crippen MR) is 69.9 cm³/mol. The van der Waals surface area contributed by atoms with E-state index in [4.69, 9.17) is 10.9 Å². The van der Waals surface area contributed by atoms with E-state index in [0.29, 0.717) is 12.5 Å². The Kier molecular flexibility index (Phi) is 3.64. The summed E-state index contributed by atoms with van der Waals surface area (Å²) in [5, 5.41) is 11.6. The standard InChI is InChI=1S/C12H19N5O/c1-8-7-12(15-9(2)14-8)17(10-3-4-10)6-5-11(13)16-18/h7,10,18H,3-6H2,1-2H3,(H2,13,16). The number of hydrogen-bond acceptors (Lipinski definition) is 5. The van der Waals surface area contributed by atoms with Gasteiger partial charge in [0.25, 0.3) is 0 Å². The van der Waals surface area contributed by atoms with Crippen LogP contribution in [0.25, 0.3) is 0 Å². The number of rotatable bonds is 5. The number of oxime groups is 1. The molecule has 1 fully saturated rings. The highest BCUT2D eigenvalue weighted by atomic mass is 16.4. The highest BCUT2D eigenvalue weighted by Gasteiger charge is 2.30. The SMILES string of the molecule is Cc1cc(N(CCC(N)=NO)C2CC2)nc(C)n1. The Morgan fingerprint density at radius 2 is 2.22 bits per heavy atom. The van der Waals surface area contributed by atoms with E-state index in [-0.39, 0.29) is 5.84 Å². The molecule has 2 rings (SSSR count). The number of nitrogens with two attached hydrogens (primary N) is 1. The molecule has 6 nitrogen and oxygen atoms in total. The number of aromatic nitrogens is 2. The van der Waals surface area contributed by atoms with E-state index in [1.807, 2.05) is 19.9 Å². The fourth-order valence-corrected chi connectivity index (χ4v) is 2.00. The first-order chi connectivity index (χ1) is 8.60. The zero-order valence-electron chi connectivity index (χ0n) is 10.8. The first kappa shape index (κ1) is 12.6. The second-order valence-corrected chi connectivity index (χ2v) is 4.68. The molecular formula is C12H19N5O. The van der Waals surface area contributed by atoms with Crippen LogP contribution in [0.4, 0.5) is 5.82 Å². The minimum absolute atomic E-state index is 0.253. The monoisotopic (exact) mass is 249 g/mol. The molecule has 1 heterocycles. The van der Waals surface area contributed by atoms with Gasteiger partial charge in [-0.25, -0.2) is 9.97 Å². The van der Waals surface area contributed by atoms with Crippen molar-refractivity contribution < 1.29 is 5.21 Å². The third-order valence-corrected chi connectivity index (χ3v) is 2.97. The molecule has 6 heteroatoms. The van der Waals surface area contributed by atoms with Gasteiger partial charge in [0.05, 0.1) is 0 Å². The minimum atomic E-state index is 0.253. The van der Waals surface area contributed by atoms with Crippen molar-refractivity contribution in [3.63, 3.8) is 0 Å². The third kappa shape index (κ3) is 3.09. The Labute approximate surface area is 107 Å². The van der Waals surface area contributed by atoms with Gasteiger partial charge in [-0.15, -0.1) is 0 Å². The Balaban J connectivity index is 2.14. The van der Waals surface area contributed by atoms with Crippen LogP contribution in [0, 0.1) is 13.8 Å². The smallest absolute Gasteiger partial charge is 0.140 e. The second-order valence-electron chi connectivity index (χ2n) is 4.68. The summed E-state index contributed by atoms with van der Waals surface area (Å²) in [4.78, 5) is 11.0. The molecule has 1 aromatic rings. The van der Waals surface area contributed by atoms with Crippen molar-refractivity contribution in [2.75, 3.05) is 11.4 Å². The van der Waals surface area contributed by atoms with Gasteiger partial charge in [0, 0.05) is 30.8 Å². The van der Waals surface area contributed by atoms with E-state index in [9.17, 15) is 0 Å². The van der Waals surface area contributed by atoms with E-state index in [0.717, 1.165) is 23.9 Å². The van der Waals surface area contributed by atoms with Crippen LogP contribution in [0.5, 0.6) is 0 Å². The number of amidine groups is 1. The molecule has 18 heavy (non-hydrogen) atoms. The molecule has 0 radical (unpaired) electrons. The van der Waals surface area contributed by atoms with Gasteiger partial charge in [-0.3, -0.25) is 0 Å². The topological polar surface area (TPSA) is 87.6 Å². The number of nitrogens with zero attached hydrogens (tertiary/aromatic N) is 4. The third-order valence-electron chi connectivity index (χ3n) is 2.97. The molecule has 1 aliphatic carbocycles. The van der Waals surface area contributed by atoms with Gasteiger partial charge in [0.2, 0.25) is 0 Å². The molecule has 0 aromatic carbocycles. The summed E-state index contributed by atoms with van der Waals surface area (Å²) in [5.74, 6) is 1.97. The van der Waals surface area contributed by atoms with Gasteiger partial charge in [0.1, 0.15) is 17.5 Å². The lowest BCUT2D eigenvalue weighted by molar-refractivity contribution is 0.317. The number of anilines is 1. The lowest BCUT2D eigenvalue weighted by Crippen LogP contribution is -2.31. The predicted octanol–water partition coefficient (Wildman–Crippen LogP) is 1.20. The van der Waals surface area contributed by atoms with Crippen molar-refractivity contribution in [1.29, 1.82) is 0 Å². The van der Waals surface area contributed by atoms with Crippen LogP contribution in [-0.4, -0.2) is 33.6 Å². The van der Waals surface area contributed by atoms with Crippen LogP contribution < -0.4 is 10.6 Å². The zero-order valence-corrected chi connectivity index (χ0v) is 10.8. The molecule has 0 spiro atoms. The lowest BCUT2D eigenvalue weighted by atomic mass is 10.3. The molecule has 3 N–H and O–H groups in total. The summed E-state index contributed by atoms with van der Waals surface area (Å²) >= 11 is 0. The van der Waals surface area contributed by atoms with Crippen LogP contribution in [0.1, 0.15) is 30.8 Å². The maximum atomic E-state index is 8.58. The molecule has 1 aliphatic rings. The van der Waals surface area contributed by atoms with E-state index in [1.165, 1.54) is 12.8 Å². The van der Waals surface area contributed by atoms with Crippen molar-refractivity contribution in [3.05, 3.63) is 17.6 Å². The molecule has 0 unspecified atom stereocenters. The summed E-state index contributed by atoms with van der Waals surface area (Å²) in [5.41, 5.74) is 6.49. The summed E-state index contributed by atoms with van der Waals surface area (Å²) in [6.45, 7) is 4.58. The number of aryl methyl sites for hydroxylation is 2. The van der Waals surface area contributed by atoms with Gasteiger partial charge < -0.3 is 15.8 Å². The Morgan fingerprint density at radius 1 is 1.50 bits per heavy atom. The van der Waals surface area contributed by atoms with Crippen LogP contribution in [0.3, 0.4) is 0 Å². The highest BCUT2D eigenvalue weighted by molar-refractivity contribution is 5.80. The molecule has 0 amide bonds. The second kappa shape index (κ2) is 5.20. The summed E-state index contributed by atoms with van der Waals surface area (Å²) in [6.07, 6.45) is 2.89. The molecule has 98 valence electrons. The fraction of sp³-hybridized carbons (Fsp3) is 0.583. The quantitative estimate of drug-likeness (QED) is 0.354. The Morgan fingerprint density at radius 3 is 2.78 bits per heavy atom. The molecule has 1 aromatic heterocycles. The van der Waals surface area contributed by atoms with Gasteiger partial charge in [-0.2, -0.15) is 0 Å². The summed E-state index contributed by atoms with van der Waals surface area (Å²) < 4.78 is 0. The first-order valence-electron chi connectivity index (χ1n) is 6.15. The van der Waals surface area contributed by atoms with Crippen LogP contribution in [0.15, 0.2) is 11.2 Å². The zero-order chi connectivity index (χ0) is 13.1. The van der Waals surface area contributed by atoms with Crippen molar-refractivity contribution in [2.45, 2.75) is 39.2 Å². The highest BCUT2D eigenvalue weighted by Crippen LogP contribution is 2.30. The normalized spacial score (nSPS) is 15.8. The summed E-state index contributed by atoms with van der Waals surface area (Å²) in [7, 11) is 0. The van der Waals surface area contributed by atoms with Crippen LogP contribution in [-0.2, 0) is 0 Å². The van der Waals surface area contributed by atoms with Gasteiger partial charge in [-0.05, 0) is 26.7 Å². The van der Waals surface area contributed by atoms with Gasteiger partial charge in [-0.1, -0.05) is 5.16 Å². The van der Waals surface area contributed by atoms with Crippen LogP contribution >= 0.6 is 0 Å². The maximum absolute atomic E-state index is 8.58. The van der Waals surface area contributed by atoms with E-state index in [1.54, 1.807) is 0 Å². The average Bonchev–Trinajstić information content (AvgIpc) is 3.12. The molecule has 1 saturated carbocycles. The van der Waals surface area contributed by atoms with E-state index in [2.05, 4.69) is 20.0 Å². The van der Waals surface area contributed by atoms with Crippen molar-refractivity contribution in [2.24, 2.45) is 10.9 Å². The molecule has 0 atom stereocenters. The van der Waals surface area contributed by atoms with E-state index < -0.39 is 0 Å². The maximum Gasteiger partial charge on any atom is 0.140 e. The number of hydrogen-bond donors (Lipinski definition) is 2. The first-order valence-corrected chi connectivity index (χ1v) is 6.15. The molecular weight excluding hydrogens is 230 g/mol. The van der Waals surface area contributed by atoms with Crippen LogP contribution in [0.2, 0.25) is 0 Å². The van der Waals surface area contributed by atoms with Crippen molar-refractivity contribution in [3.8, 4) is 0 Å². The largest absolute Gasteiger partial charge is 0.409 e. The molecule has 0 bridgehead atoms. The van der Waals surface area contributed by atoms with Crippen molar-refractivity contribution in [1.82, 2.24) is 9.97 Å². The minimum Gasteiger partial charge on any atom is -0.409 e. The molecule has 0 aliphatic heterocycles. The lowest BCUT2D eigenvalue weighted by Gasteiger charge is -2.23. The van der Waals surface area contributed by atoms with E-state index >= 15 is 0 Å². The average molecular weight is 249 g/mol. The molecule has 0 saturated heterocycles. The fourth-order valence-electron chi connectivity index (χ4n) is 2.00. The Bertz CT molecular complexity index is 436. The van der Waals surface area contributed by atoms with Gasteiger partial charge >= 0.3 is 0 Å². The Hall–Kier alpha value is -1.85. The van der Waals surface area contributed by atoms with Crippen molar-refractivity contribution >= 4 is 11.7 Å².